The van der Waals surface area contributed by atoms with E-state index in [1.165, 1.54) is 58.5 Å². The molecule has 1 aromatic carbocycles. The summed E-state index contributed by atoms with van der Waals surface area (Å²) in [5.74, 6) is -3.47. The van der Waals surface area contributed by atoms with E-state index in [4.69, 9.17) is 28.4 Å². The van der Waals surface area contributed by atoms with Crippen molar-refractivity contribution in [3.63, 3.8) is 0 Å². The highest BCUT2D eigenvalue weighted by Gasteiger charge is 2.92. The zero-order chi connectivity index (χ0) is 42.2. The molecule has 7 rings (SSSR count). The number of aliphatic hydroxyl groups is 3. The first kappa shape index (κ1) is 44.9. The summed E-state index contributed by atoms with van der Waals surface area (Å²) in [7, 11) is 6.41. The number of hydrogen-bond acceptors (Lipinski definition) is 12. The number of carbonyl (C=O) groups is 2. The van der Waals surface area contributed by atoms with Crippen LogP contribution in [0.4, 0.5) is 0 Å². The van der Waals surface area contributed by atoms with Crippen molar-refractivity contribution in [2.24, 2.45) is 34.5 Å². The summed E-state index contributed by atoms with van der Waals surface area (Å²) in [4.78, 5) is 31.0. The number of benzene rings is 1. The zero-order valence-electron chi connectivity index (χ0n) is 36.5. The highest BCUT2D eigenvalue weighted by molar-refractivity contribution is 5.89. The molecule has 6 aliphatic rings. The van der Waals surface area contributed by atoms with E-state index in [0.29, 0.717) is 31.5 Å². The standard InChI is InChI=1S/C47H73NO11/c1-7-9-10-11-12-13-14-15-16-17-18-22-25-34(50)59-47-35-31(27-45(53,42(57-6)40(47)51)41(35)58-43(52)30-23-20-19-21-24-30)46-33(55-4)26-32(49)44(29-54-3)28-48(8-2)39(46)36(47)37(56-5)38(44)46/h19-21,23-24,31-33,35-42,49,51,53H,7-18,22,25-29H2,1-6H3/t31-,32-,33?,35-,36+,37+,38-,39-,40+,41-,42+,44+,45+,46+,47-/m1/s1. The first-order valence-electron chi connectivity index (χ1n) is 22.9. The van der Waals surface area contributed by atoms with Crippen molar-refractivity contribution in [1.29, 1.82) is 0 Å². The Balaban J connectivity index is 1.26. The Morgan fingerprint density at radius 1 is 0.814 bits per heavy atom. The van der Waals surface area contributed by atoms with E-state index >= 15 is 0 Å². The van der Waals surface area contributed by atoms with Gasteiger partial charge < -0.3 is 43.7 Å². The largest absolute Gasteiger partial charge is 0.455 e. The molecule has 3 N–H and O–H groups in total. The molecule has 5 saturated carbocycles. The zero-order valence-corrected chi connectivity index (χ0v) is 36.5. The van der Waals surface area contributed by atoms with E-state index in [2.05, 4.69) is 18.7 Å². The van der Waals surface area contributed by atoms with E-state index in [1.54, 1.807) is 45.6 Å². The lowest BCUT2D eigenvalue weighted by Gasteiger charge is -2.70. The second kappa shape index (κ2) is 18.3. The van der Waals surface area contributed by atoms with Gasteiger partial charge in [0, 0.05) is 82.5 Å². The van der Waals surface area contributed by atoms with Crippen molar-refractivity contribution in [3.05, 3.63) is 35.9 Å². The Labute approximate surface area is 352 Å². The third-order valence-corrected chi connectivity index (χ3v) is 16.4. The van der Waals surface area contributed by atoms with Crippen molar-refractivity contribution in [2.75, 3.05) is 48.1 Å². The van der Waals surface area contributed by atoms with E-state index in [9.17, 15) is 24.9 Å². The molecule has 12 nitrogen and oxygen atoms in total. The van der Waals surface area contributed by atoms with Crippen LogP contribution in [0.15, 0.2) is 30.3 Å². The van der Waals surface area contributed by atoms with Crippen LogP contribution in [0.3, 0.4) is 0 Å². The number of fused-ring (bicyclic) bond motifs is 2. The average molecular weight is 828 g/mol. The first-order chi connectivity index (χ1) is 28.5. The number of hydrogen-bond donors (Lipinski definition) is 3. The van der Waals surface area contributed by atoms with Gasteiger partial charge in [-0.1, -0.05) is 103 Å². The number of likely N-dealkylation sites (tertiary alicyclic amines) is 1. The van der Waals surface area contributed by atoms with Crippen LogP contribution in [0.5, 0.6) is 0 Å². The van der Waals surface area contributed by atoms with Crippen molar-refractivity contribution in [3.8, 4) is 0 Å². The summed E-state index contributed by atoms with van der Waals surface area (Å²) in [5.41, 5.74) is -4.82. The molecule has 15 atom stereocenters. The Hall–Kier alpha value is -2.16. The molecule has 12 heteroatoms. The van der Waals surface area contributed by atoms with Gasteiger partial charge in [0.25, 0.3) is 0 Å². The monoisotopic (exact) mass is 828 g/mol. The quantitative estimate of drug-likeness (QED) is 0.0969. The van der Waals surface area contributed by atoms with Crippen molar-refractivity contribution in [2.45, 2.75) is 164 Å². The summed E-state index contributed by atoms with van der Waals surface area (Å²) in [6.45, 7) is 5.67. The minimum atomic E-state index is -1.84. The van der Waals surface area contributed by atoms with Gasteiger partial charge in [-0.3, -0.25) is 9.69 Å². The van der Waals surface area contributed by atoms with Crippen LogP contribution in [0.2, 0.25) is 0 Å². The lowest BCUT2D eigenvalue weighted by Crippen LogP contribution is -2.81. The molecule has 1 aromatic rings. The van der Waals surface area contributed by atoms with Gasteiger partial charge in [0.15, 0.2) is 5.60 Å². The molecule has 6 fully saturated rings. The van der Waals surface area contributed by atoms with E-state index in [0.717, 1.165) is 19.3 Å². The number of nitrogens with zero attached hydrogens (tertiary/aromatic N) is 1. The number of unbranched alkanes of at least 4 members (excludes halogenated alkanes) is 11. The highest BCUT2D eigenvalue weighted by atomic mass is 16.6. The fourth-order valence-corrected chi connectivity index (χ4v) is 14.4. The summed E-state index contributed by atoms with van der Waals surface area (Å²) in [6, 6.07) is 8.32. The lowest BCUT2D eigenvalue weighted by atomic mass is 9.42. The van der Waals surface area contributed by atoms with E-state index < -0.39 is 88.3 Å². The van der Waals surface area contributed by atoms with Crippen LogP contribution in [0.1, 0.15) is 121 Å². The number of esters is 2. The summed E-state index contributed by atoms with van der Waals surface area (Å²) in [6.07, 6.45) is 8.61. The molecule has 1 heterocycles. The van der Waals surface area contributed by atoms with Gasteiger partial charge >= 0.3 is 11.9 Å². The van der Waals surface area contributed by atoms with Crippen LogP contribution >= 0.6 is 0 Å². The molecule has 0 radical (unpaired) electrons. The van der Waals surface area contributed by atoms with Gasteiger partial charge in [-0.05, 0) is 37.4 Å². The van der Waals surface area contributed by atoms with Gasteiger partial charge in [0.05, 0.1) is 30.5 Å². The Morgan fingerprint density at radius 3 is 2.03 bits per heavy atom. The van der Waals surface area contributed by atoms with Gasteiger partial charge in [0.1, 0.15) is 23.9 Å². The van der Waals surface area contributed by atoms with Gasteiger partial charge in [-0.15, -0.1) is 0 Å². The van der Waals surface area contributed by atoms with Crippen LogP contribution in [0, 0.1) is 34.5 Å². The van der Waals surface area contributed by atoms with Crippen LogP contribution < -0.4 is 0 Å². The molecular weight excluding hydrogens is 755 g/mol. The molecule has 0 aromatic heterocycles. The Morgan fingerprint density at radius 2 is 1.46 bits per heavy atom. The smallest absolute Gasteiger partial charge is 0.338 e. The van der Waals surface area contributed by atoms with E-state index in [-0.39, 0.29) is 31.4 Å². The van der Waals surface area contributed by atoms with Crippen LogP contribution in [-0.4, -0.2) is 134 Å². The van der Waals surface area contributed by atoms with Crippen molar-refractivity contribution < 1.29 is 53.3 Å². The summed E-state index contributed by atoms with van der Waals surface area (Å²) < 4.78 is 38.7. The molecule has 59 heavy (non-hydrogen) atoms. The van der Waals surface area contributed by atoms with Gasteiger partial charge in [-0.25, -0.2) is 4.79 Å². The van der Waals surface area contributed by atoms with Crippen LogP contribution in [-0.2, 0) is 33.2 Å². The second-order valence-corrected chi connectivity index (χ2v) is 18.9. The maximum absolute atomic E-state index is 14.5. The van der Waals surface area contributed by atoms with Gasteiger partial charge in [-0.2, -0.15) is 0 Å². The summed E-state index contributed by atoms with van der Waals surface area (Å²) in [5, 5.41) is 38.3. The number of ether oxygens (including phenoxy) is 6. The predicted molar refractivity (Wildman–Crippen MR) is 220 cm³/mol. The molecule has 5 aliphatic carbocycles. The fourth-order valence-electron chi connectivity index (χ4n) is 14.4. The van der Waals surface area contributed by atoms with E-state index in [1.807, 2.05) is 6.07 Å². The molecule has 1 saturated heterocycles. The normalized spacial score (nSPS) is 41.5. The minimum absolute atomic E-state index is 0.0880. The SMILES string of the molecule is CCCCCCCCCCCCCCC(=O)O[C@]12[C@H]3[C@@H](OC(=O)c4ccccc4)[C@@](O)(C[C@H]3[C@@]34C(OC)C[C@@H](O)[C@@]5(COC)CN(CC)[C@@H]3[C@@H]1[C@H](OC)[C@H]54)[C@@H](OC)[C@@H]2O. The maximum atomic E-state index is 14.5. The topological polar surface area (TPSA) is 153 Å². The number of piperidine rings is 1. The molecule has 1 aliphatic heterocycles. The second-order valence-electron chi connectivity index (χ2n) is 18.9. The fraction of sp³-hybridized carbons (Fsp3) is 0.830. The van der Waals surface area contributed by atoms with Crippen molar-refractivity contribution >= 4 is 11.9 Å². The Bertz CT molecular complexity index is 1580. The number of carbonyl (C=O) groups excluding carboxylic acids is 2. The molecule has 1 unspecified atom stereocenters. The summed E-state index contributed by atoms with van der Waals surface area (Å²) >= 11 is 0. The number of methoxy groups -OCH3 is 4. The molecule has 1 spiro atoms. The molecule has 7 bridgehead atoms. The van der Waals surface area contributed by atoms with Crippen LogP contribution in [0.25, 0.3) is 0 Å². The Kier molecular flexibility index (Phi) is 13.9. The number of rotatable bonds is 22. The average Bonchev–Trinajstić information content (AvgIpc) is 3.61. The lowest BCUT2D eigenvalue weighted by molar-refractivity contribution is -0.323. The third-order valence-electron chi connectivity index (χ3n) is 16.4. The van der Waals surface area contributed by atoms with Crippen molar-refractivity contribution in [1.82, 2.24) is 4.90 Å². The molecule has 332 valence electrons. The number of aliphatic hydroxyl groups excluding tert-OH is 2. The predicted octanol–water partition coefficient (Wildman–Crippen LogP) is 5.72. The maximum Gasteiger partial charge on any atom is 0.338 e. The first-order valence-corrected chi connectivity index (χ1v) is 22.9. The third kappa shape index (κ3) is 6.93. The highest BCUT2D eigenvalue weighted by Crippen LogP contribution is 2.80. The molecular formula is C47H73NO11. The van der Waals surface area contributed by atoms with Gasteiger partial charge in [0.2, 0.25) is 0 Å². The minimum Gasteiger partial charge on any atom is -0.455 e. The molecule has 0 amide bonds.